The van der Waals surface area contributed by atoms with Crippen molar-refractivity contribution in [1.82, 2.24) is 14.9 Å². The molecule has 0 aliphatic rings. The Morgan fingerprint density at radius 1 is 1.04 bits per heavy atom. The molecule has 0 radical (unpaired) electrons. The highest BCUT2D eigenvalue weighted by Gasteiger charge is 2.14. The number of aromatic amines is 1. The smallest absolute Gasteiger partial charge is 0.326 e. The second-order valence-electron chi connectivity index (χ2n) is 5.36. The third-order valence-corrected chi connectivity index (χ3v) is 3.90. The first-order valence-electron chi connectivity index (χ1n) is 7.48. The standard InChI is InChI=1S/C18H16ClN3O2/c19-15-8-6-13(7-9-15)10-20-17(23)16-11-21-18(24)22(16)12-14-4-2-1-3-5-14/h1-9,11H,10,12H2,(H,20,23)(H,21,24). The van der Waals surface area contributed by atoms with Gasteiger partial charge in [0.25, 0.3) is 5.91 Å². The lowest BCUT2D eigenvalue weighted by Gasteiger charge is -2.08. The van der Waals surface area contributed by atoms with Crippen molar-refractivity contribution in [2.45, 2.75) is 13.1 Å². The summed E-state index contributed by atoms with van der Waals surface area (Å²) in [4.78, 5) is 26.9. The van der Waals surface area contributed by atoms with Crippen LogP contribution in [0.4, 0.5) is 0 Å². The normalized spacial score (nSPS) is 10.5. The van der Waals surface area contributed by atoms with Crippen LogP contribution in [0.5, 0.6) is 0 Å². The van der Waals surface area contributed by atoms with Gasteiger partial charge in [-0.05, 0) is 23.3 Å². The highest BCUT2D eigenvalue weighted by molar-refractivity contribution is 6.30. The molecule has 122 valence electrons. The number of nitrogens with one attached hydrogen (secondary N) is 2. The van der Waals surface area contributed by atoms with E-state index in [1.807, 2.05) is 42.5 Å². The van der Waals surface area contributed by atoms with Crippen LogP contribution in [-0.2, 0) is 13.1 Å². The molecule has 0 spiro atoms. The molecule has 1 amide bonds. The minimum Gasteiger partial charge on any atom is -0.347 e. The number of carbonyl (C=O) groups is 1. The fraction of sp³-hybridized carbons (Fsp3) is 0.111. The lowest BCUT2D eigenvalue weighted by molar-refractivity contribution is 0.0941. The second kappa shape index (κ2) is 7.19. The van der Waals surface area contributed by atoms with E-state index < -0.39 is 0 Å². The minimum absolute atomic E-state index is 0.304. The lowest BCUT2D eigenvalue weighted by atomic mass is 10.2. The molecule has 5 nitrogen and oxygen atoms in total. The summed E-state index contributed by atoms with van der Waals surface area (Å²) in [5.41, 5.74) is 1.87. The fourth-order valence-corrected chi connectivity index (χ4v) is 2.51. The SMILES string of the molecule is O=C(NCc1ccc(Cl)cc1)c1c[nH]c(=O)n1Cc1ccccc1. The molecule has 0 fully saturated rings. The predicted octanol–water partition coefficient (Wildman–Crippen LogP) is 2.81. The maximum Gasteiger partial charge on any atom is 0.326 e. The minimum atomic E-state index is -0.310. The molecule has 0 saturated heterocycles. The van der Waals surface area contributed by atoms with Crippen molar-refractivity contribution in [2.24, 2.45) is 0 Å². The maximum absolute atomic E-state index is 12.4. The number of nitrogens with zero attached hydrogens (tertiary/aromatic N) is 1. The summed E-state index contributed by atoms with van der Waals surface area (Å²) in [5.74, 6) is -0.306. The van der Waals surface area contributed by atoms with Gasteiger partial charge in [0.05, 0.1) is 6.54 Å². The van der Waals surface area contributed by atoms with Crippen LogP contribution in [0.25, 0.3) is 0 Å². The summed E-state index contributed by atoms with van der Waals surface area (Å²) in [7, 11) is 0. The van der Waals surface area contributed by atoms with E-state index in [0.29, 0.717) is 23.8 Å². The van der Waals surface area contributed by atoms with Gasteiger partial charge in [-0.3, -0.25) is 9.36 Å². The predicted molar refractivity (Wildman–Crippen MR) is 93.2 cm³/mol. The van der Waals surface area contributed by atoms with Crippen molar-refractivity contribution in [2.75, 3.05) is 0 Å². The largest absolute Gasteiger partial charge is 0.347 e. The fourth-order valence-electron chi connectivity index (χ4n) is 2.38. The highest BCUT2D eigenvalue weighted by atomic mass is 35.5. The van der Waals surface area contributed by atoms with Crippen LogP contribution in [0.1, 0.15) is 21.6 Å². The van der Waals surface area contributed by atoms with E-state index in [4.69, 9.17) is 11.6 Å². The molecule has 2 aromatic carbocycles. The quantitative estimate of drug-likeness (QED) is 0.749. The van der Waals surface area contributed by atoms with E-state index >= 15 is 0 Å². The average molecular weight is 342 g/mol. The number of aromatic nitrogens is 2. The molecule has 3 aromatic rings. The molecule has 0 aliphatic carbocycles. The zero-order valence-electron chi connectivity index (χ0n) is 12.8. The van der Waals surface area contributed by atoms with Gasteiger partial charge in [-0.1, -0.05) is 54.1 Å². The molecule has 0 saturated carbocycles. The third kappa shape index (κ3) is 3.75. The topological polar surface area (TPSA) is 66.9 Å². The van der Waals surface area contributed by atoms with Crippen molar-refractivity contribution in [3.8, 4) is 0 Å². The summed E-state index contributed by atoms with van der Waals surface area (Å²) >= 11 is 5.84. The van der Waals surface area contributed by atoms with Gasteiger partial charge in [0.2, 0.25) is 0 Å². The van der Waals surface area contributed by atoms with Crippen molar-refractivity contribution in [3.63, 3.8) is 0 Å². The van der Waals surface area contributed by atoms with Gasteiger partial charge in [0.15, 0.2) is 0 Å². The molecule has 1 aromatic heterocycles. The number of H-pyrrole nitrogens is 1. The molecular weight excluding hydrogens is 326 g/mol. The Balaban J connectivity index is 1.73. The summed E-state index contributed by atoms with van der Waals surface area (Å²) in [6.07, 6.45) is 1.43. The van der Waals surface area contributed by atoms with E-state index in [2.05, 4.69) is 10.3 Å². The summed E-state index contributed by atoms with van der Waals surface area (Å²) in [6, 6.07) is 16.7. The first-order valence-corrected chi connectivity index (χ1v) is 7.86. The average Bonchev–Trinajstić information content (AvgIpc) is 2.96. The van der Waals surface area contributed by atoms with Gasteiger partial charge in [0.1, 0.15) is 5.69 Å². The third-order valence-electron chi connectivity index (χ3n) is 3.65. The van der Waals surface area contributed by atoms with Crippen LogP contribution in [0.3, 0.4) is 0 Å². The van der Waals surface area contributed by atoms with Gasteiger partial charge in [-0.25, -0.2) is 4.79 Å². The first-order chi connectivity index (χ1) is 11.6. The second-order valence-corrected chi connectivity index (χ2v) is 5.80. The van der Waals surface area contributed by atoms with Crippen molar-refractivity contribution >= 4 is 17.5 Å². The van der Waals surface area contributed by atoms with Crippen LogP contribution in [0, 0.1) is 0 Å². The highest BCUT2D eigenvalue weighted by Crippen LogP contribution is 2.09. The van der Waals surface area contributed by atoms with Crippen LogP contribution in [0.15, 0.2) is 65.6 Å². The van der Waals surface area contributed by atoms with Gasteiger partial charge in [-0.15, -0.1) is 0 Å². The number of imidazole rings is 1. The number of carbonyl (C=O) groups excluding carboxylic acids is 1. The summed E-state index contributed by atoms with van der Waals surface area (Å²) in [6.45, 7) is 0.702. The van der Waals surface area contributed by atoms with E-state index in [9.17, 15) is 9.59 Å². The molecule has 6 heteroatoms. The number of benzene rings is 2. The number of halogens is 1. The zero-order chi connectivity index (χ0) is 16.9. The lowest BCUT2D eigenvalue weighted by Crippen LogP contribution is -2.29. The Morgan fingerprint density at radius 3 is 2.46 bits per heavy atom. The Hall–Kier alpha value is -2.79. The molecular formula is C18H16ClN3O2. The van der Waals surface area contributed by atoms with Crippen LogP contribution in [0.2, 0.25) is 5.02 Å². The number of rotatable bonds is 5. The van der Waals surface area contributed by atoms with Gasteiger partial charge < -0.3 is 10.3 Å². The Kier molecular flexibility index (Phi) is 4.82. The number of hydrogen-bond donors (Lipinski definition) is 2. The molecule has 1 heterocycles. The summed E-state index contributed by atoms with van der Waals surface area (Å²) in [5, 5.41) is 3.46. The molecule has 0 aliphatic heterocycles. The number of amides is 1. The van der Waals surface area contributed by atoms with Crippen molar-refractivity contribution in [1.29, 1.82) is 0 Å². The molecule has 2 N–H and O–H groups in total. The molecule has 0 atom stereocenters. The Bertz CT molecular complexity index is 883. The van der Waals surface area contributed by atoms with E-state index in [-0.39, 0.29) is 11.6 Å². The van der Waals surface area contributed by atoms with Crippen LogP contribution in [-0.4, -0.2) is 15.5 Å². The molecule has 0 unspecified atom stereocenters. The maximum atomic E-state index is 12.4. The molecule has 24 heavy (non-hydrogen) atoms. The van der Waals surface area contributed by atoms with E-state index in [1.54, 1.807) is 12.1 Å². The monoisotopic (exact) mass is 341 g/mol. The van der Waals surface area contributed by atoms with Gasteiger partial charge in [-0.2, -0.15) is 0 Å². The summed E-state index contributed by atoms with van der Waals surface area (Å²) < 4.78 is 1.42. The van der Waals surface area contributed by atoms with Crippen LogP contribution < -0.4 is 11.0 Å². The van der Waals surface area contributed by atoms with Gasteiger partial charge >= 0.3 is 5.69 Å². The van der Waals surface area contributed by atoms with Crippen LogP contribution >= 0.6 is 11.6 Å². The van der Waals surface area contributed by atoms with Crippen molar-refractivity contribution in [3.05, 3.63) is 93.1 Å². The molecule has 0 bridgehead atoms. The van der Waals surface area contributed by atoms with E-state index in [1.165, 1.54) is 10.8 Å². The Morgan fingerprint density at radius 2 is 1.75 bits per heavy atom. The van der Waals surface area contributed by atoms with Gasteiger partial charge in [0, 0.05) is 17.8 Å². The first kappa shape index (κ1) is 16.1. The zero-order valence-corrected chi connectivity index (χ0v) is 13.6. The molecule has 3 rings (SSSR count). The number of hydrogen-bond acceptors (Lipinski definition) is 2. The Labute approximate surface area is 143 Å². The van der Waals surface area contributed by atoms with E-state index in [0.717, 1.165) is 11.1 Å². The van der Waals surface area contributed by atoms with Crippen molar-refractivity contribution < 1.29 is 4.79 Å².